The van der Waals surface area contributed by atoms with Gasteiger partial charge in [-0.2, -0.15) is 0 Å². The average molecular weight is 253 g/mol. The Labute approximate surface area is 108 Å². The number of hydrogen-bond donors (Lipinski definition) is 3. The van der Waals surface area contributed by atoms with Gasteiger partial charge in [0.2, 0.25) is 0 Å². The molecule has 18 heavy (non-hydrogen) atoms. The lowest BCUT2D eigenvalue weighted by Gasteiger charge is -2.37. The quantitative estimate of drug-likeness (QED) is 0.655. The van der Waals surface area contributed by atoms with E-state index in [-0.39, 0.29) is 17.9 Å². The summed E-state index contributed by atoms with van der Waals surface area (Å²) >= 11 is 0. The van der Waals surface area contributed by atoms with Gasteiger partial charge in [-0.1, -0.05) is 13.8 Å². The number of amides is 3. The first-order chi connectivity index (χ1) is 8.54. The highest BCUT2D eigenvalue weighted by atomic mass is 16.2. The summed E-state index contributed by atoms with van der Waals surface area (Å²) in [6, 6.07) is -0.331. The van der Waals surface area contributed by atoms with Gasteiger partial charge >= 0.3 is 6.03 Å². The number of nitrogens with one attached hydrogen (secondary N) is 3. The Morgan fingerprint density at radius 3 is 2.44 bits per heavy atom. The Hall–Kier alpha value is -1.10. The number of hydrogen-bond acceptors (Lipinski definition) is 3. The molecular formula is C13H23N3O2. The van der Waals surface area contributed by atoms with Crippen molar-refractivity contribution < 1.29 is 9.59 Å². The number of carbonyl (C=O) groups excluding carboxylic acids is 2. The van der Waals surface area contributed by atoms with Crippen LogP contribution in [0.5, 0.6) is 0 Å². The van der Waals surface area contributed by atoms with Gasteiger partial charge in [-0.15, -0.1) is 0 Å². The van der Waals surface area contributed by atoms with Gasteiger partial charge in [0.1, 0.15) is 5.54 Å². The maximum absolute atomic E-state index is 12.2. The normalized spacial score (nSPS) is 29.5. The van der Waals surface area contributed by atoms with E-state index in [0.29, 0.717) is 5.92 Å². The molecule has 0 aromatic carbocycles. The molecule has 2 heterocycles. The first kappa shape index (κ1) is 13.3. The van der Waals surface area contributed by atoms with E-state index in [1.54, 1.807) is 0 Å². The second-order valence-corrected chi connectivity index (χ2v) is 5.84. The topological polar surface area (TPSA) is 70.2 Å². The lowest BCUT2D eigenvalue weighted by atomic mass is 9.74. The molecular weight excluding hydrogens is 230 g/mol. The van der Waals surface area contributed by atoms with Gasteiger partial charge in [-0.3, -0.25) is 10.1 Å². The highest BCUT2D eigenvalue weighted by Gasteiger charge is 2.51. The van der Waals surface area contributed by atoms with Crippen LogP contribution in [-0.2, 0) is 4.79 Å². The standard InChI is InChI=1S/C13H23N3O2/c1-9(2)3-6-13(10-4-7-14-8-5-10)11(17)15-12(18)16-13/h9-10,14H,3-8H2,1-2H3,(H2,15,16,17,18). The molecule has 3 amide bonds. The van der Waals surface area contributed by atoms with E-state index >= 15 is 0 Å². The lowest BCUT2D eigenvalue weighted by molar-refractivity contribution is -0.126. The van der Waals surface area contributed by atoms with Crippen LogP contribution < -0.4 is 16.0 Å². The van der Waals surface area contributed by atoms with Crippen LogP contribution in [0.4, 0.5) is 4.79 Å². The summed E-state index contributed by atoms with van der Waals surface area (Å²) in [7, 11) is 0. The van der Waals surface area contributed by atoms with Gasteiger partial charge in [0.15, 0.2) is 0 Å². The maximum atomic E-state index is 12.2. The van der Waals surface area contributed by atoms with Crippen LogP contribution in [0.3, 0.4) is 0 Å². The van der Waals surface area contributed by atoms with Crippen molar-refractivity contribution in [1.29, 1.82) is 0 Å². The maximum Gasteiger partial charge on any atom is 0.322 e. The van der Waals surface area contributed by atoms with Crippen molar-refractivity contribution in [3.63, 3.8) is 0 Å². The molecule has 2 rings (SSSR count). The zero-order chi connectivity index (χ0) is 13.2. The van der Waals surface area contributed by atoms with Crippen LogP contribution in [0.25, 0.3) is 0 Å². The minimum absolute atomic E-state index is 0.125. The summed E-state index contributed by atoms with van der Waals surface area (Å²) in [4.78, 5) is 23.7. The Morgan fingerprint density at radius 2 is 1.94 bits per heavy atom. The molecule has 2 aliphatic heterocycles. The van der Waals surface area contributed by atoms with Crippen molar-refractivity contribution in [3.8, 4) is 0 Å². The van der Waals surface area contributed by atoms with E-state index < -0.39 is 5.54 Å². The molecule has 102 valence electrons. The summed E-state index contributed by atoms with van der Waals surface area (Å²) in [5.74, 6) is 0.665. The minimum atomic E-state index is -0.663. The van der Waals surface area contributed by atoms with Crippen molar-refractivity contribution in [2.24, 2.45) is 11.8 Å². The van der Waals surface area contributed by atoms with E-state index in [0.717, 1.165) is 38.8 Å². The zero-order valence-corrected chi connectivity index (χ0v) is 11.2. The monoisotopic (exact) mass is 253 g/mol. The molecule has 0 aliphatic carbocycles. The molecule has 2 aliphatic rings. The molecule has 5 nitrogen and oxygen atoms in total. The molecule has 0 spiro atoms. The van der Waals surface area contributed by atoms with E-state index in [4.69, 9.17) is 0 Å². The van der Waals surface area contributed by atoms with Gasteiger partial charge < -0.3 is 10.6 Å². The van der Waals surface area contributed by atoms with Gasteiger partial charge in [0.05, 0.1) is 0 Å². The zero-order valence-electron chi connectivity index (χ0n) is 11.2. The van der Waals surface area contributed by atoms with Crippen molar-refractivity contribution in [1.82, 2.24) is 16.0 Å². The molecule has 3 N–H and O–H groups in total. The smallest absolute Gasteiger partial charge is 0.322 e. The first-order valence-corrected chi connectivity index (χ1v) is 6.89. The Balaban J connectivity index is 2.15. The van der Waals surface area contributed by atoms with E-state index in [9.17, 15) is 9.59 Å². The van der Waals surface area contributed by atoms with E-state index in [2.05, 4.69) is 29.8 Å². The summed E-state index contributed by atoms with van der Waals surface area (Å²) in [5.41, 5.74) is -0.663. The number of piperidine rings is 1. The molecule has 0 radical (unpaired) electrons. The molecule has 2 fully saturated rings. The number of rotatable bonds is 4. The molecule has 0 saturated carbocycles. The fourth-order valence-corrected chi connectivity index (χ4v) is 3.00. The summed E-state index contributed by atoms with van der Waals surface area (Å²) in [6.45, 7) is 6.14. The van der Waals surface area contributed by atoms with Crippen molar-refractivity contribution >= 4 is 11.9 Å². The molecule has 0 bridgehead atoms. The molecule has 1 unspecified atom stereocenters. The Bertz CT molecular complexity index is 337. The van der Waals surface area contributed by atoms with Crippen LogP contribution in [-0.4, -0.2) is 30.6 Å². The molecule has 0 aromatic rings. The fraction of sp³-hybridized carbons (Fsp3) is 0.846. The molecule has 1 atom stereocenters. The van der Waals surface area contributed by atoms with Gasteiger partial charge in [-0.25, -0.2) is 4.79 Å². The third kappa shape index (κ3) is 2.51. The molecule has 2 saturated heterocycles. The molecule has 0 aromatic heterocycles. The SMILES string of the molecule is CC(C)CCC1(C2CCNCC2)NC(=O)NC1=O. The highest BCUT2D eigenvalue weighted by molar-refractivity contribution is 6.07. The van der Waals surface area contributed by atoms with Crippen molar-refractivity contribution in [2.75, 3.05) is 13.1 Å². The minimum Gasteiger partial charge on any atom is -0.323 e. The second kappa shape index (κ2) is 5.26. The average Bonchev–Trinajstić information content (AvgIpc) is 2.64. The summed E-state index contributed by atoms with van der Waals surface area (Å²) in [5, 5.41) is 8.64. The third-order valence-electron chi connectivity index (χ3n) is 4.12. The Morgan fingerprint density at radius 1 is 1.28 bits per heavy atom. The predicted molar refractivity (Wildman–Crippen MR) is 69.1 cm³/mol. The third-order valence-corrected chi connectivity index (χ3v) is 4.12. The van der Waals surface area contributed by atoms with Crippen LogP contribution in [0.1, 0.15) is 39.5 Å². The van der Waals surface area contributed by atoms with Crippen LogP contribution in [0.15, 0.2) is 0 Å². The van der Waals surface area contributed by atoms with Crippen LogP contribution in [0.2, 0.25) is 0 Å². The number of imide groups is 1. The van der Waals surface area contributed by atoms with Crippen LogP contribution in [0, 0.1) is 11.8 Å². The largest absolute Gasteiger partial charge is 0.323 e. The number of urea groups is 1. The summed E-state index contributed by atoms with van der Waals surface area (Å²) in [6.07, 6.45) is 3.60. The fourth-order valence-electron chi connectivity index (χ4n) is 3.00. The van der Waals surface area contributed by atoms with Crippen molar-refractivity contribution in [2.45, 2.75) is 45.1 Å². The van der Waals surface area contributed by atoms with Gasteiger partial charge in [-0.05, 0) is 50.6 Å². The van der Waals surface area contributed by atoms with Crippen LogP contribution >= 0.6 is 0 Å². The van der Waals surface area contributed by atoms with E-state index in [1.165, 1.54) is 0 Å². The van der Waals surface area contributed by atoms with Gasteiger partial charge in [0.25, 0.3) is 5.91 Å². The number of carbonyl (C=O) groups is 2. The van der Waals surface area contributed by atoms with E-state index in [1.807, 2.05) is 0 Å². The van der Waals surface area contributed by atoms with Crippen molar-refractivity contribution in [3.05, 3.63) is 0 Å². The lowest BCUT2D eigenvalue weighted by Crippen LogP contribution is -2.55. The first-order valence-electron chi connectivity index (χ1n) is 6.89. The predicted octanol–water partition coefficient (Wildman–Crippen LogP) is 1.00. The van der Waals surface area contributed by atoms with Gasteiger partial charge in [0, 0.05) is 0 Å². The highest BCUT2D eigenvalue weighted by Crippen LogP contribution is 2.33. The summed E-state index contributed by atoms with van der Waals surface area (Å²) < 4.78 is 0. The molecule has 5 heteroatoms. The Kier molecular flexibility index (Phi) is 3.90. The second-order valence-electron chi connectivity index (χ2n) is 5.84.